The average molecular weight is 765 g/mol. The first-order valence-corrected chi connectivity index (χ1v) is 20.0. The van der Waals surface area contributed by atoms with Crippen LogP contribution in [0.3, 0.4) is 0 Å². The number of nitrogens with one attached hydrogen (secondary N) is 1. The molecule has 308 valence electrons. The Balaban J connectivity index is 1.58. The van der Waals surface area contributed by atoms with E-state index in [1.165, 1.54) is 6.92 Å². The molecule has 4 aliphatic rings. The zero-order chi connectivity index (χ0) is 39.9. The van der Waals surface area contributed by atoms with Gasteiger partial charge in [-0.3, -0.25) is 9.59 Å². The number of rotatable bonds is 5. The van der Waals surface area contributed by atoms with Crippen molar-refractivity contribution >= 4 is 11.9 Å². The van der Waals surface area contributed by atoms with Crippen LogP contribution in [-0.2, 0) is 35.5 Å². The van der Waals surface area contributed by atoms with Gasteiger partial charge in [-0.2, -0.15) is 0 Å². The molecule has 0 unspecified atom stereocenters. The third-order valence-electron chi connectivity index (χ3n) is 12.7. The standard InChI is InChI=1S/C40H68N4O10/c1-12-30-39(8,49)33(46)27(6)41-22-23(2)21-38(7)34(52-37-31(45)29(42(9)10)20-24(3)50-37)25(4)32(26(5)36(48)51-30)53-40(54-38)15-18-44(19-16-40)35(47)28-14-13-17-43(28)11/h13-14,17,23-27,29-34,37,41,45-46,49H,12,15-16,18-22H2,1-11H3/t23-,24-,25+,26-,27-,29+,30-,31-,32+,33-,34-,37+,38-,39-/m1/s1. The quantitative estimate of drug-likeness (QED) is 0.325. The van der Waals surface area contributed by atoms with E-state index in [-0.39, 0.29) is 30.4 Å². The number of aromatic nitrogens is 1. The Morgan fingerprint density at radius 2 is 1.78 bits per heavy atom. The summed E-state index contributed by atoms with van der Waals surface area (Å²) in [7, 11) is 5.71. The molecule has 5 heterocycles. The Hall–Kier alpha value is -2.14. The number of aliphatic hydroxyl groups excluding tert-OH is 2. The van der Waals surface area contributed by atoms with Gasteiger partial charge in [-0.25, -0.2) is 0 Å². The molecule has 0 aromatic carbocycles. The summed E-state index contributed by atoms with van der Waals surface area (Å²) in [6, 6.07) is 2.92. The minimum atomic E-state index is -1.74. The van der Waals surface area contributed by atoms with Gasteiger partial charge in [-0.1, -0.05) is 20.8 Å². The Bertz CT molecular complexity index is 1430. The summed E-state index contributed by atoms with van der Waals surface area (Å²) in [5, 5.41) is 38.1. The van der Waals surface area contributed by atoms with Crippen LogP contribution in [0.4, 0.5) is 0 Å². The molecule has 1 aromatic rings. The third kappa shape index (κ3) is 8.72. The van der Waals surface area contributed by atoms with Crippen molar-refractivity contribution in [2.24, 2.45) is 24.8 Å². The first-order chi connectivity index (χ1) is 25.2. The monoisotopic (exact) mass is 764 g/mol. The predicted octanol–water partition coefficient (Wildman–Crippen LogP) is 2.67. The van der Waals surface area contributed by atoms with Crippen LogP contribution in [0.5, 0.6) is 0 Å². The van der Waals surface area contributed by atoms with Crippen molar-refractivity contribution in [1.29, 1.82) is 0 Å². The first-order valence-electron chi connectivity index (χ1n) is 20.0. The maximum absolute atomic E-state index is 14.2. The normalized spacial score (nSPS) is 42.6. The summed E-state index contributed by atoms with van der Waals surface area (Å²) in [5.41, 5.74) is -2.19. The molecule has 5 rings (SSSR count). The molecular weight excluding hydrogens is 696 g/mol. The van der Waals surface area contributed by atoms with E-state index in [0.717, 1.165) is 0 Å². The van der Waals surface area contributed by atoms with Crippen LogP contribution in [0.15, 0.2) is 18.3 Å². The van der Waals surface area contributed by atoms with Gasteiger partial charge in [0.1, 0.15) is 29.6 Å². The van der Waals surface area contributed by atoms with Crippen LogP contribution in [-0.4, -0.2) is 147 Å². The number of likely N-dealkylation sites (tertiary alicyclic amines) is 1. The van der Waals surface area contributed by atoms with Crippen molar-refractivity contribution < 1.29 is 48.6 Å². The number of esters is 1. The van der Waals surface area contributed by atoms with Gasteiger partial charge in [-0.05, 0) is 92.6 Å². The van der Waals surface area contributed by atoms with E-state index in [9.17, 15) is 24.9 Å². The number of carbonyl (C=O) groups is 2. The van der Waals surface area contributed by atoms with Crippen LogP contribution in [0.25, 0.3) is 0 Å². The van der Waals surface area contributed by atoms with Crippen molar-refractivity contribution in [2.45, 2.75) is 159 Å². The molecule has 4 fully saturated rings. The Labute approximate surface area is 321 Å². The van der Waals surface area contributed by atoms with Gasteiger partial charge in [0, 0.05) is 57.2 Å². The predicted molar refractivity (Wildman–Crippen MR) is 201 cm³/mol. The molecular formula is C40H68N4O10. The molecule has 0 aliphatic carbocycles. The Morgan fingerprint density at radius 1 is 1.11 bits per heavy atom. The lowest BCUT2D eigenvalue weighted by molar-refractivity contribution is -0.331. The smallest absolute Gasteiger partial charge is 0.311 e. The molecule has 4 N–H and O–H groups in total. The summed E-state index contributed by atoms with van der Waals surface area (Å²) in [6.07, 6.45) is -1.96. The number of amides is 1. The number of aryl methyl sites for hydroxylation is 1. The third-order valence-corrected chi connectivity index (χ3v) is 12.7. The lowest BCUT2D eigenvalue weighted by Crippen LogP contribution is -2.60. The van der Waals surface area contributed by atoms with Crippen molar-refractivity contribution in [1.82, 2.24) is 19.7 Å². The number of fused-ring (bicyclic) bond motifs is 3. The number of piperidine rings is 1. The molecule has 4 aliphatic heterocycles. The fourth-order valence-corrected chi connectivity index (χ4v) is 9.45. The highest BCUT2D eigenvalue weighted by atomic mass is 16.7. The van der Waals surface area contributed by atoms with Crippen molar-refractivity contribution in [3.8, 4) is 0 Å². The number of ether oxygens (including phenoxy) is 5. The van der Waals surface area contributed by atoms with Gasteiger partial charge in [0.2, 0.25) is 0 Å². The Kier molecular flexibility index (Phi) is 13.3. The zero-order valence-electron chi connectivity index (χ0n) is 34.4. The lowest BCUT2D eigenvalue weighted by atomic mass is 9.78. The largest absolute Gasteiger partial charge is 0.459 e. The van der Waals surface area contributed by atoms with Crippen LogP contribution < -0.4 is 5.32 Å². The van der Waals surface area contributed by atoms with Crippen molar-refractivity contribution in [3.63, 3.8) is 0 Å². The van der Waals surface area contributed by atoms with Gasteiger partial charge < -0.3 is 58.7 Å². The summed E-state index contributed by atoms with van der Waals surface area (Å²) < 4.78 is 35.6. The minimum absolute atomic E-state index is 0.0337. The maximum Gasteiger partial charge on any atom is 0.311 e. The number of hydrogen-bond acceptors (Lipinski definition) is 12. The van der Waals surface area contributed by atoms with E-state index < -0.39 is 77.6 Å². The van der Waals surface area contributed by atoms with E-state index >= 15 is 0 Å². The summed E-state index contributed by atoms with van der Waals surface area (Å²) >= 11 is 0. The highest BCUT2D eigenvalue weighted by molar-refractivity contribution is 5.92. The number of carbonyl (C=O) groups excluding carboxylic acids is 2. The van der Waals surface area contributed by atoms with E-state index in [1.54, 1.807) is 13.8 Å². The second kappa shape index (κ2) is 16.8. The molecule has 54 heavy (non-hydrogen) atoms. The zero-order valence-corrected chi connectivity index (χ0v) is 34.4. The second-order valence-electron chi connectivity index (χ2n) is 17.5. The molecule has 0 radical (unpaired) electrons. The van der Waals surface area contributed by atoms with Crippen LogP contribution in [0.1, 0.15) is 98.0 Å². The number of nitrogens with zero attached hydrogens (tertiary/aromatic N) is 3. The Morgan fingerprint density at radius 3 is 2.37 bits per heavy atom. The molecule has 14 heteroatoms. The number of likely N-dealkylation sites (N-methyl/N-ethyl adjacent to an activating group) is 1. The number of hydrogen-bond donors (Lipinski definition) is 4. The molecule has 4 saturated heterocycles. The lowest BCUT2D eigenvalue weighted by Gasteiger charge is -2.49. The van der Waals surface area contributed by atoms with Gasteiger partial charge >= 0.3 is 5.97 Å². The van der Waals surface area contributed by atoms with E-state index in [4.69, 9.17) is 23.7 Å². The van der Waals surface area contributed by atoms with E-state index in [1.807, 2.05) is 81.5 Å². The SMILES string of the molecule is CC[C@H]1OC(=O)[C@H](C)[C@H]2OC3(CCN(C(=O)c4cccn4C)CC3)O[C@](C)(C[C@@H](C)CN[C@H](C)[C@@H](O)[C@]1(C)O)[C@H](O[C@@H]1O[C@H](C)C[C@H](N(C)C)[C@H]1O)[C@H]2C. The molecule has 1 aromatic heterocycles. The first kappa shape index (κ1) is 43.0. The average Bonchev–Trinajstić information content (AvgIpc) is 3.52. The number of cyclic esters (lactones) is 1. The topological polar surface area (TPSA) is 164 Å². The van der Waals surface area contributed by atoms with Gasteiger partial charge in [0.05, 0.1) is 29.8 Å². The van der Waals surface area contributed by atoms with Gasteiger partial charge in [-0.15, -0.1) is 0 Å². The van der Waals surface area contributed by atoms with E-state index in [0.29, 0.717) is 51.0 Å². The molecule has 1 amide bonds. The summed E-state index contributed by atoms with van der Waals surface area (Å²) in [5.74, 6) is -3.23. The van der Waals surface area contributed by atoms with Crippen LogP contribution in [0, 0.1) is 17.8 Å². The van der Waals surface area contributed by atoms with Gasteiger partial charge in [0.15, 0.2) is 12.1 Å². The molecule has 0 saturated carbocycles. The number of aliphatic hydroxyl groups is 3. The van der Waals surface area contributed by atoms with Crippen molar-refractivity contribution in [2.75, 3.05) is 33.7 Å². The highest BCUT2D eigenvalue weighted by Gasteiger charge is 2.58. The van der Waals surface area contributed by atoms with E-state index in [2.05, 4.69) is 12.2 Å². The maximum atomic E-state index is 14.2. The molecule has 14 nitrogen and oxygen atoms in total. The van der Waals surface area contributed by atoms with Crippen molar-refractivity contribution in [3.05, 3.63) is 24.0 Å². The molecule has 14 atom stereocenters. The van der Waals surface area contributed by atoms with Crippen LogP contribution >= 0.6 is 0 Å². The summed E-state index contributed by atoms with van der Waals surface area (Å²) in [6.45, 7) is 16.1. The van der Waals surface area contributed by atoms with Crippen LogP contribution in [0.2, 0.25) is 0 Å². The fourth-order valence-electron chi connectivity index (χ4n) is 9.45. The molecule has 2 bridgehead atoms. The second-order valence-corrected chi connectivity index (χ2v) is 17.5. The summed E-state index contributed by atoms with van der Waals surface area (Å²) in [4.78, 5) is 31.6. The highest BCUT2D eigenvalue weighted by Crippen LogP contribution is 2.48. The van der Waals surface area contributed by atoms with Gasteiger partial charge in [0.25, 0.3) is 5.91 Å². The molecule has 1 spiro atoms. The minimum Gasteiger partial charge on any atom is -0.459 e. The fraction of sp³-hybridized carbons (Fsp3) is 0.850.